The van der Waals surface area contributed by atoms with Crippen molar-refractivity contribution in [1.82, 2.24) is 19.7 Å². The molecule has 1 aliphatic rings. The van der Waals surface area contributed by atoms with E-state index in [2.05, 4.69) is 21.7 Å². The van der Waals surface area contributed by atoms with Gasteiger partial charge in [0, 0.05) is 18.0 Å². The van der Waals surface area contributed by atoms with Gasteiger partial charge in [-0.25, -0.2) is 4.98 Å². The second-order valence-corrected chi connectivity index (χ2v) is 7.59. The molecule has 0 bridgehead atoms. The fourth-order valence-electron chi connectivity index (χ4n) is 3.87. The van der Waals surface area contributed by atoms with Gasteiger partial charge in [-0.3, -0.25) is 0 Å². The monoisotopic (exact) mass is 408 g/mol. The summed E-state index contributed by atoms with van der Waals surface area (Å²) in [6.07, 6.45) is 1.39. The summed E-state index contributed by atoms with van der Waals surface area (Å²) in [6, 6.07) is 3.63. The summed E-state index contributed by atoms with van der Waals surface area (Å²) in [4.78, 5) is 4.78. The minimum Gasteiger partial charge on any atom is -0.323 e. The smallest absolute Gasteiger partial charge is 0.323 e. The third kappa shape index (κ3) is 3.26. The summed E-state index contributed by atoms with van der Waals surface area (Å²) in [5.74, 6) is 1.58. The van der Waals surface area contributed by atoms with E-state index >= 15 is 0 Å². The average Bonchev–Trinajstić information content (AvgIpc) is 3.42. The first kappa shape index (κ1) is 19.2. The van der Waals surface area contributed by atoms with Crippen LogP contribution in [0.15, 0.2) is 24.4 Å². The number of halogens is 4. The van der Waals surface area contributed by atoms with Gasteiger partial charge < -0.3 is 4.57 Å². The zero-order valence-corrected chi connectivity index (χ0v) is 16.3. The Morgan fingerprint density at radius 1 is 1.25 bits per heavy atom. The van der Waals surface area contributed by atoms with E-state index in [1.54, 1.807) is 6.20 Å². The van der Waals surface area contributed by atoms with Crippen LogP contribution < -0.4 is 0 Å². The fraction of sp³-hybridized carbons (Fsp3) is 0.450. The van der Waals surface area contributed by atoms with Crippen molar-refractivity contribution in [1.29, 1.82) is 0 Å². The Labute approximate surface area is 165 Å². The van der Waals surface area contributed by atoms with E-state index in [-0.39, 0.29) is 5.02 Å². The van der Waals surface area contributed by atoms with Gasteiger partial charge in [0.2, 0.25) is 0 Å². The van der Waals surface area contributed by atoms with E-state index < -0.39 is 11.7 Å². The predicted molar refractivity (Wildman–Crippen MR) is 102 cm³/mol. The van der Waals surface area contributed by atoms with Crippen LogP contribution in [-0.4, -0.2) is 19.7 Å². The van der Waals surface area contributed by atoms with Crippen molar-refractivity contribution in [3.05, 3.63) is 40.8 Å². The predicted octanol–water partition coefficient (Wildman–Crippen LogP) is 6.09. The van der Waals surface area contributed by atoms with Gasteiger partial charge in [0.05, 0.1) is 22.3 Å². The number of aromatic nitrogens is 4. The van der Waals surface area contributed by atoms with E-state index in [0.29, 0.717) is 28.7 Å². The van der Waals surface area contributed by atoms with Crippen molar-refractivity contribution in [2.24, 2.45) is 5.92 Å². The van der Waals surface area contributed by atoms with Gasteiger partial charge in [0.25, 0.3) is 0 Å². The van der Waals surface area contributed by atoms with Gasteiger partial charge in [-0.05, 0) is 37.3 Å². The lowest BCUT2D eigenvalue weighted by Gasteiger charge is -2.19. The molecule has 3 aromatic rings. The molecule has 1 aliphatic carbocycles. The van der Waals surface area contributed by atoms with Crippen LogP contribution in [0.4, 0.5) is 13.2 Å². The van der Waals surface area contributed by atoms with Gasteiger partial charge in [-0.2, -0.15) is 18.3 Å². The highest BCUT2D eigenvalue weighted by Crippen LogP contribution is 2.44. The highest BCUT2D eigenvalue weighted by atomic mass is 35.5. The molecule has 0 radical (unpaired) electrons. The molecule has 0 N–H and O–H groups in total. The molecule has 0 amide bonds. The molecule has 1 fully saturated rings. The van der Waals surface area contributed by atoms with Gasteiger partial charge in [0.1, 0.15) is 17.0 Å². The van der Waals surface area contributed by atoms with E-state index in [0.717, 1.165) is 36.3 Å². The van der Waals surface area contributed by atoms with Crippen LogP contribution >= 0.6 is 11.6 Å². The molecule has 0 aliphatic heterocycles. The summed E-state index contributed by atoms with van der Waals surface area (Å²) in [7, 11) is 0. The molecule has 1 atom stereocenters. The molecule has 0 spiro atoms. The van der Waals surface area contributed by atoms with E-state index in [4.69, 9.17) is 16.6 Å². The number of rotatable bonds is 5. The van der Waals surface area contributed by atoms with Crippen molar-refractivity contribution < 1.29 is 13.2 Å². The fourth-order valence-corrected chi connectivity index (χ4v) is 4.14. The first-order valence-electron chi connectivity index (χ1n) is 9.44. The molecule has 4 nitrogen and oxygen atoms in total. The minimum atomic E-state index is -4.45. The lowest BCUT2D eigenvalue weighted by Crippen LogP contribution is -2.13. The standard InChI is InChI=1S/C20H20ClF3N4/c1-3-15(11-5-6-11)28-16-10-25-27-18(19(16)26-17(28)4-2)13-8-7-12(9-14(13)21)20(22,23)24/h7-11,15H,3-6H2,1-2H3. The summed E-state index contributed by atoms with van der Waals surface area (Å²) in [5.41, 5.74) is 1.51. The molecule has 28 heavy (non-hydrogen) atoms. The zero-order valence-electron chi connectivity index (χ0n) is 15.6. The number of imidazole rings is 1. The van der Waals surface area contributed by atoms with Crippen molar-refractivity contribution in [3.8, 4) is 11.3 Å². The van der Waals surface area contributed by atoms with Crippen molar-refractivity contribution in [3.63, 3.8) is 0 Å². The number of benzene rings is 1. The minimum absolute atomic E-state index is 0.0153. The number of aryl methyl sites for hydroxylation is 1. The molecular formula is C20H20ClF3N4. The van der Waals surface area contributed by atoms with E-state index in [9.17, 15) is 13.2 Å². The van der Waals surface area contributed by atoms with Gasteiger partial charge in [0.15, 0.2) is 0 Å². The molecule has 0 saturated heterocycles. The van der Waals surface area contributed by atoms with Crippen LogP contribution in [0.5, 0.6) is 0 Å². The molecule has 2 aromatic heterocycles. The quantitative estimate of drug-likeness (QED) is 0.513. The first-order valence-corrected chi connectivity index (χ1v) is 9.82. The summed E-state index contributed by atoms with van der Waals surface area (Å²) in [6.45, 7) is 4.21. The molecule has 1 aromatic carbocycles. The van der Waals surface area contributed by atoms with Gasteiger partial charge >= 0.3 is 6.18 Å². The average molecular weight is 409 g/mol. The lowest BCUT2D eigenvalue weighted by atomic mass is 10.1. The molecule has 4 rings (SSSR count). The number of nitrogens with zero attached hydrogens (tertiary/aromatic N) is 4. The molecule has 8 heteroatoms. The lowest BCUT2D eigenvalue weighted by molar-refractivity contribution is -0.137. The maximum Gasteiger partial charge on any atom is 0.416 e. The Balaban J connectivity index is 1.89. The number of hydrogen-bond donors (Lipinski definition) is 0. The third-order valence-electron chi connectivity index (χ3n) is 5.37. The van der Waals surface area contributed by atoms with Gasteiger partial charge in [-0.15, -0.1) is 5.10 Å². The van der Waals surface area contributed by atoms with Gasteiger partial charge in [-0.1, -0.05) is 31.5 Å². The van der Waals surface area contributed by atoms with Crippen LogP contribution in [0, 0.1) is 5.92 Å². The van der Waals surface area contributed by atoms with E-state index in [1.165, 1.54) is 18.9 Å². The van der Waals surface area contributed by atoms with Crippen LogP contribution in [0.3, 0.4) is 0 Å². The summed E-state index contributed by atoms with van der Waals surface area (Å²) in [5, 5.41) is 8.27. The largest absolute Gasteiger partial charge is 0.416 e. The number of fused-ring (bicyclic) bond motifs is 1. The van der Waals surface area contributed by atoms with Crippen molar-refractivity contribution in [2.45, 2.75) is 51.7 Å². The second kappa shape index (κ2) is 7.03. The molecular weight excluding hydrogens is 389 g/mol. The summed E-state index contributed by atoms with van der Waals surface area (Å²) < 4.78 is 41.1. The third-order valence-corrected chi connectivity index (χ3v) is 5.68. The Morgan fingerprint density at radius 2 is 2.00 bits per heavy atom. The Hall–Kier alpha value is -2.15. The van der Waals surface area contributed by atoms with Crippen LogP contribution in [0.2, 0.25) is 5.02 Å². The Bertz CT molecular complexity index is 1020. The second-order valence-electron chi connectivity index (χ2n) is 7.18. The SMILES string of the molecule is CCc1nc2c(-c3ccc(C(F)(F)F)cc3Cl)nncc2n1C(CC)C1CC1. The van der Waals surface area contributed by atoms with Crippen molar-refractivity contribution in [2.75, 3.05) is 0 Å². The van der Waals surface area contributed by atoms with Crippen LogP contribution in [-0.2, 0) is 12.6 Å². The van der Waals surface area contributed by atoms with E-state index in [1.807, 2.05) is 6.92 Å². The van der Waals surface area contributed by atoms with Crippen molar-refractivity contribution >= 4 is 22.6 Å². The highest BCUT2D eigenvalue weighted by molar-refractivity contribution is 6.33. The van der Waals surface area contributed by atoms with Crippen LogP contribution in [0.1, 0.15) is 50.5 Å². The maximum absolute atomic E-state index is 13.0. The Morgan fingerprint density at radius 3 is 2.57 bits per heavy atom. The molecule has 2 heterocycles. The summed E-state index contributed by atoms with van der Waals surface area (Å²) >= 11 is 6.20. The molecule has 148 valence electrons. The zero-order chi connectivity index (χ0) is 20.1. The first-order chi connectivity index (χ1) is 13.3. The topological polar surface area (TPSA) is 43.6 Å². The molecule has 1 saturated carbocycles. The number of hydrogen-bond acceptors (Lipinski definition) is 3. The maximum atomic E-state index is 13.0. The Kier molecular flexibility index (Phi) is 4.81. The molecule has 1 unspecified atom stereocenters. The normalized spacial score (nSPS) is 15.9. The van der Waals surface area contributed by atoms with Crippen LogP contribution in [0.25, 0.3) is 22.3 Å². The highest BCUT2D eigenvalue weighted by Gasteiger charge is 2.34. The number of alkyl halides is 3.